The van der Waals surface area contributed by atoms with Gasteiger partial charge in [0, 0.05) is 11.4 Å². The van der Waals surface area contributed by atoms with Crippen LogP contribution in [0.25, 0.3) is 0 Å². The van der Waals surface area contributed by atoms with Gasteiger partial charge in [-0.25, -0.2) is 4.39 Å². The van der Waals surface area contributed by atoms with E-state index < -0.39 is 5.82 Å². The third-order valence-corrected chi connectivity index (χ3v) is 3.03. The van der Waals surface area contributed by atoms with Crippen molar-refractivity contribution in [3.63, 3.8) is 0 Å². The quantitative estimate of drug-likeness (QED) is 0.850. The first-order valence-corrected chi connectivity index (χ1v) is 6.50. The second-order valence-corrected chi connectivity index (χ2v) is 4.82. The lowest BCUT2D eigenvalue weighted by molar-refractivity contribution is -0.118. The fraction of sp³-hybridized carbons (Fsp3) is 0.188. The van der Waals surface area contributed by atoms with Crippen molar-refractivity contribution in [2.75, 3.05) is 17.7 Å². The van der Waals surface area contributed by atoms with Gasteiger partial charge in [-0.15, -0.1) is 0 Å². The maximum atomic E-state index is 13.1. The molecule has 5 heteroatoms. The van der Waals surface area contributed by atoms with Crippen LogP contribution in [0, 0.1) is 19.7 Å². The molecular formula is C16H17FN2O2. The Labute approximate surface area is 122 Å². The van der Waals surface area contributed by atoms with E-state index in [1.165, 1.54) is 12.1 Å². The minimum Gasteiger partial charge on any atom is -0.483 e. The number of amides is 1. The fourth-order valence-electron chi connectivity index (χ4n) is 1.89. The Balaban J connectivity index is 1.97. The number of ether oxygens (including phenoxy) is 1. The van der Waals surface area contributed by atoms with E-state index in [1.54, 1.807) is 31.2 Å². The molecule has 0 unspecified atom stereocenters. The molecule has 0 aliphatic heterocycles. The molecule has 3 N–H and O–H groups in total. The Bertz CT molecular complexity index is 671. The first-order chi connectivity index (χ1) is 9.95. The van der Waals surface area contributed by atoms with Crippen LogP contribution in [0.15, 0.2) is 36.4 Å². The molecule has 0 radical (unpaired) electrons. The third kappa shape index (κ3) is 3.95. The van der Waals surface area contributed by atoms with E-state index in [1.807, 2.05) is 6.92 Å². The van der Waals surface area contributed by atoms with Crippen LogP contribution in [-0.2, 0) is 4.79 Å². The van der Waals surface area contributed by atoms with Crippen LogP contribution in [0.5, 0.6) is 5.75 Å². The van der Waals surface area contributed by atoms with Crippen molar-refractivity contribution in [2.24, 2.45) is 0 Å². The van der Waals surface area contributed by atoms with Crippen LogP contribution >= 0.6 is 0 Å². The molecule has 110 valence electrons. The van der Waals surface area contributed by atoms with Crippen LogP contribution in [-0.4, -0.2) is 12.5 Å². The lowest BCUT2D eigenvalue weighted by Crippen LogP contribution is -2.21. The number of hydrogen-bond acceptors (Lipinski definition) is 3. The summed E-state index contributed by atoms with van der Waals surface area (Å²) >= 11 is 0. The zero-order chi connectivity index (χ0) is 15.4. The molecule has 2 aromatic rings. The van der Waals surface area contributed by atoms with Crippen LogP contribution in [0.3, 0.4) is 0 Å². The largest absolute Gasteiger partial charge is 0.483 e. The first-order valence-electron chi connectivity index (χ1n) is 6.50. The minimum absolute atomic E-state index is 0.152. The molecule has 0 aliphatic rings. The summed E-state index contributed by atoms with van der Waals surface area (Å²) in [6.07, 6.45) is 0. The number of nitrogen functional groups attached to an aromatic ring is 1. The fourth-order valence-corrected chi connectivity index (χ4v) is 1.89. The second kappa shape index (κ2) is 6.26. The summed E-state index contributed by atoms with van der Waals surface area (Å²) in [5, 5.41) is 2.62. The predicted octanol–water partition coefficient (Wildman–Crippen LogP) is 3.04. The number of rotatable bonds is 4. The van der Waals surface area contributed by atoms with Crippen LogP contribution in [0.1, 0.15) is 11.1 Å². The van der Waals surface area contributed by atoms with Crippen LogP contribution < -0.4 is 15.8 Å². The van der Waals surface area contributed by atoms with Crippen molar-refractivity contribution < 1.29 is 13.9 Å². The van der Waals surface area contributed by atoms with Gasteiger partial charge in [0.05, 0.1) is 0 Å². The number of halogens is 1. The highest BCUT2D eigenvalue weighted by Gasteiger charge is 2.08. The SMILES string of the molecule is Cc1ccc(F)cc1NC(=O)COc1ccc(N)cc1C. The van der Waals surface area contributed by atoms with Gasteiger partial charge in [-0.05, 0) is 55.3 Å². The number of hydrogen-bond donors (Lipinski definition) is 2. The number of nitrogens with one attached hydrogen (secondary N) is 1. The normalized spacial score (nSPS) is 10.2. The molecule has 0 bridgehead atoms. The molecule has 0 aliphatic carbocycles. The van der Waals surface area contributed by atoms with Crippen LogP contribution in [0.4, 0.5) is 15.8 Å². The average Bonchev–Trinajstić information content (AvgIpc) is 2.42. The molecular weight excluding hydrogens is 271 g/mol. The summed E-state index contributed by atoms with van der Waals surface area (Å²) in [6.45, 7) is 3.49. The Hall–Kier alpha value is -2.56. The lowest BCUT2D eigenvalue weighted by atomic mass is 10.2. The molecule has 2 rings (SSSR count). The topological polar surface area (TPSA) is 64.3 Å². The molecule has 0 spiro atoms. The van der Waals surface area contributed by atoms with Gasteiger partial charge in [0.2, 0.25) is 0 Å². The number of benzene rings is 2. The molecule has 0 atom stereocenters. The molecule has 1 amide bonds. The molecule has 0 saturated heterocycles. The molecule has 4 nitrogen and oxygen atoms in total. The Morgan fingerprint density at radius 2 is 1.95 bits per heavy atom. The van der Waals surface area contributed by atoms with E-state index >= 15 is 0 Å². The highest BCUT2D eigenvalue weighted by Crippen LogP contribution is 2.20. The third-order valence-electron chi connectivity index (χ3n) is 3.03. The monoisotopic (exact) mass is 288 g/mol. The highest BCUT2D eigenvalue weighted by molar-refractivity contribution is 5.92. The summed E-state index contributed by atoms with van der Waals surface area (Å²) in [5.41, 5.74) is 8.36. The highest BCUT2D eigenvalue weighted by atomic mass is 19.1. The zero-order valence-corrected chi connectivity index (χ0v) is 11.9. The van der Waals surface area contributed by atoms with E-state index in [9.17, 15) is 9.18 Å². The second-order valence-electron chi connectivity index (χ2n) is 4.82. The molecule has 0 saturated carbocycles. The molecule has 0 fully saturated rings. The molecule has 2 aromatic carbocycles. The minimum atomic E-state index is -0.397. The van der Waals surface area contributed by atoms with Gasteiger partial charge >= 0.3 is 0 Å². The average molecular weight is 288 g/mol. The van der Waals surface area contributed by atoms with E-state index in [4.69, 9.17) is 10.5 Å². The summed E-state index contributed by atoms with van der Waals surface area (Å²) in [7, 11) is 0. The first kappa shape index (κ1) is 14.8. The van der Waals surface area contributed by atoms with E-state index in [2.05, 4.69) is 5.32 Å². The standard InChI is InChI=1S/C16H17FN2O2/c1-10-3-4-12(17)8-14(10)19-16(20)9-21-15-6-5-13(18)7-11(15)2/h3-8H,9,18H2,1-2H3,(H,19,20). The summed E-state index contributed by atoms with van der Waals surface area (Å²) < 4.78 is 18.6. The van der Waals surface area contributed by atoms with Gasteiger partial charge in [0.15, 0.2) is 6.61 Å². The lowest BCUT2D eigenvalue weighted by Gasteiger charge is -2.11. The van der Waals surface area contributed by atoms with Crippen molar-refractivity contribution in [3.8, 4) is 5.75 Å². The van der Waals surface area contributed by atoms with Crippen molar-refractivity contribution in [1.29, 1.82) is 0 Å². The molecule has 21 heavy (non-hydrogen) atoms. The van der Waals surface area contributed by atoms with E-state index in [-0.39, 0.29) is 12.5 Å². The number of nitrogens with two attached hydrogens (primary N) is 1. The van der Waals surface area contributed by atoms with Crippen molar-refractivity contribution in [1.82, 2.24) is 0 Å². The molecule has 0 heterocycles. The zero-order valence-electron chi connectivity index (χ0n) is 11.9. The predicted molar refractivity (Wildman–Crippen MR) is 80.9 cm³/mol. The number of carbonyl (C=O) groups is 1. The van der Waals surface area contributed by atoms with E-state index in [0.717, 1.165) is 11.1 Å². The van der Waals surface area contributed by atoms with Gasteiger partial charge in [-0.3, -0.25) is 4.79 Å². The number of anilines is 2. The summed E-state index contributed by atoms with van der Waals surface area (Å²) in [5.74, 6) is -0.151. The van der Waals surface area contributed by atoms with Gasteiger partial charge in [-0.1, -0.05) is 6.07 Å². The van der Waals surface area contributed by atoms with E-state index in [0.29, 0.717) is 17.1 Å². The van der Waals surface area contributed by atoms with Gasteiger partial charge in [-0.2, -0.15) is 0 Å². The van der Waals surface area contributed by atoms with Gasteiger partial charge in [0.1, 0.15) is 11.6 Å². The van der Waals surface area contributed by atoms with Gasteiger partial charge in [0.25, 0.3) is 5.91 Å². The maximum absolute atomic E-state index is 13.1. The van der Waals surface area contributed by atoms with Crippen molar-refractivity contribution >= 4 is 17.3 Å². The van der Waals surface area contributed by atoms with Gasteiger partial charge < -0.3 is 15.8 Å². The Morgan fingerprint density at radius 3 is 2.67 bits per heavy atom. The summed E-state index contributed by atoms with van der Waals surface area (Å²) in [6, 6.07) is 9.42. The van der Waals surface area contributed by atoms with Crippen molar-refractivity contribution in [3.05, 3.63) is 53.3 Å². The summed E-state index contributed by atoms with van der Waals surface area (Å²) in [4.78, 5) is 11.8. The smallest absolute Gasteiger partial charge is 0.262 e. The Morgan fingerprint density at radius 1 is 1.19 bits per heavy atom. The molecule has 0 aromatic heterocycles. The number of carbonyl (C=O) groups excluding carboxylic acids is 1. The van der Waals surface area contributed by atoms with Crippen molar-refractivity contribution in [2.45, 2.75) is 13.8 Å². The number of aryl methyl sites for hydroxylation is 2. The van der Waals surface area contributed by atoms with Crippen LogP contribution in [0.2, 0.25) is 0 Å². The Kier molecular flexibility index (Phi) is 4.42. The maximum Gasteiger partial charge on any atom is 0.262 e.